The molecule has 1 amide bonds. The molecule has 0 aliphatic heterocycles. The van der Waals surface area contributed by atoms with Gasteiger partial charge in [-0.2, -0.15) is 13.2 Å². The van der Waals surface area contributed by atoms with Crippen LogP contribution in [0, 0.1) is 0 Å². The van der Waals surface area contributed by atoms with Gasteiger partial charge in [0.15, 0.2) is 0 Å². The third-order valence-corrected chi connectivity index (χ3v) is 3.32. The van der Waals surface area contributed by atoms with Gasteiger partial charge >= 0.3 is 6.18 Å². The van der Waals surface area contributed by atoms with Gasteiger partial charge in [0, 0.05) is 24.6 Å². The van der Waals surface area contributed by atoms with Crippen molar-refractivity contribution in [3.8, 4) is 5.75 Å². The van der Waals surface area contributed by atoms with Crippen LogP contribution in [0.25, 0.3) is 0 Å². The Balaban J connectivity index is 1.88. The zero-order chi connectivity index (χ0) is 19.0. The molecule has 26 heavy (non-hydrogen) atoms. The third kappa shape index (κ3) is 6.29. The zero-order valence-corrected chi connectivity index (χ0v) is 14.1. The number of amides is 1. The second-order valence-corrected chi connectivity index (χ2v) is 5.35. The maximum Gasteiger partial charge on any atom is 0.416 e. The van der Waals surface area contributed by atoms with E-state index in [-0.39, 0.29) is 12.2 Å². The van der Waals surface area contributed by atoms with Crippen LogP contribution in [-0.4, -0.2) is 32.8 Å². The van der Waals surface area contributed by atoms with E-state index in [1.807, 2.05) is 0 Å². The quantitative estimate of drug-likeness (QED) is 0.696. The number of rotatable bonds is 8. The van der Waals surface area contributed by atoms with E-state index in [0.717, 1.165) is 12.1 Å². The Morgan fingerprint density at radius 2 is 1.77 bits per heavy atom. The minimum absolute atomic E-state index is 0.0864. The van der Waals surface area contributed by atoms with E-state index in [2.05, 4.69) is 10.6 Å². The summed E-state index contributed by atoms with van der Waals surface area (Å²) in [6, 6.07) is 11.5. The standard InChI is InChI=1S/C18H19F3N2O3/c1-25-8-9-26-16-7-3-5-14(11-16)22-12-17(24)23-15-6-2-4-13(10-15)18(19,20)21/h2-7,10-11,22H,8-9,12H2,1H3,(H,23,24). The molecule has 0 atom stereocenters. The lowest BCUT2D eigenvalue weighted by Crippen LogP contribution is -2.22. The van der Waals surface area contributed by atoms with Crippen LogP contribution in [0.3, 0.4) is 0 Å². The van der Waals surface area contributed by atoms with E-state index in [9.17, 15) is 18.0 Å². The van der Waals surface area contributed by atoms with Crippen LogP contribution >= 0.6 is 0 Å². The van der Waals surface area contributed by atoms with Crippen LogP contribution in [0.5, 0.6) is 5.75 Å². The highest BCUT2D eigenvalue weighted by Gasteiger charge is 2.30. The van der Waals surface area contributed by atoms with Crippen molar-refractivity contribution in [2.24, 2.45) is 0 Å². The number of carbonyl (C=O) groups excluding carboxylic acids is 1. The van der Waals surface area contributed by atoms with Gasteiger partial charge < -0.3 is 20.1 Å². The molecule has 0 radical (unpaired) electrons. The lowest BCUT2D eigenvalue weighted by molar-refractivity contribution is -0.137. The van der Waals surface area contributed by atoms with Crippen molar-refractivity contribution >= 4 is 17.3 Å². The van der Waals surface area contributed by atoms with E-state index < -0.39 is 17.6 Å². The van der Waals surface area contributed by atoms with Crippen LogP contribution in [0.15, 0.2) is 48.5 Å². The molecule has 2 rings (SSSR count). The molecule has 2 aromatic rings. The second-order valence-electron chi connectivity index (χ2n) is 5.35. The van der Waals surface area contributed by atoms with Crippen LogP contribution < -0.4 is 15.4 Å². The number of halogens is 3. The molecule has 0 fully saturated rings. The van der Waals surface area contributed by atoms with Gasteiger partial charge in [-0.1, -0.05) is 12.1 Å². The van der Waals surface area contributed by atoms with Crippen molar-refractivity contribution in [3.63, 3.8) is 0 Å². The van der Waals surface area contributed by atoms with E-state index in [1.54, 1.807) is 31.4 Å². The molecule has 5 nitrogen and oxygen atoms in total. The average Bonchev–Trinajstić information content (AvgIpc) is 2.60. The summed E-state index contributed by atoms with van der Waals surface area (Å²) in [4.78, 5) is 11.9. The molecule has 2 N–H and O–H groups in total. The predicted molar refractivity (Wildman–Crippen MR) is 92.4 cm³/mol. The molecular formula is C18H19F3N2O3. The van der Waals surface area contributed by atoms with Crippen LogP contribution in [0.1, 0.15) is 5.56 Å². The Kier molecular flexibility index (Phi) is 6.85. The molecular weight excluding hydrogens is 349 g/mol. The number of carbonyl (C=O) groups is 1. The van der Waals surface area contributed by atoms with Crippen molar-refractivity contribution in [1.29, 1.82) is 0 Å². The molecule has 0 aliphatic rings. The summed E-state index contributed by atoms with van der Waals surface area (Å²) in [5.74, 6) is 0.153. The van der Waals surface area contributed by atoms with Gasteiger partial charge in [-0.3, -0.25) is 4.79 Å². The van der Waals surface area contributed by atoms with Crippen molar-refractivity contribution in [2.75, 3.05) is 37.5 Å². The lowest BCUT2D eigenvalue weighted by atomic mass is 10.2. The number of anilines is 2. The maximum atomic E-state index is 12.7. The fraction of sp³-hybridized carbons (Fsp3) is 0.278. The summed E-state index contributed by atoms with van der Waals surface area (Å²) in [5, 5.41) is 5.33. The van der Waals surface area contributed by atoms with E-state index in [0.29, 0.717) is 24.7 Å². The number of benzene rings is 2. The fourth-order valence-corrected chi connectivity index (χ4v) is 2.10. The summed E-state index contributed by atoms with van der Waals surface area (Å²) in [5.41, 5.74) is -0.0773. The Morgan fingerprint density at radius 1 is 1.04 bits per heavy atom. The highest BCUT2D eigenvalue weighted by atomic mass is 19.4. The van der Waals surface area contributed by atoms with Crippen molar-refractivity contribution in [3.05, 3.63) is 54.1 Å². The third-order valence-electron chi connectivity index (χ3n) is 3.32. The van der Waals surface area contributed by atoms with Crippen LogP contribution in [-0.2, 0) is 15.7 Å². The number of alkyl halides is 3. The first-order valence-corrected chi connectivity index (χ1v) is 7.81. The first-order chi connectivity index (χ1) is 12.4. The smallest absolute Gasteiger partial charge is 0.416 e. The lowest BCUT2D eigenvalue weighted by Gasteiger charge is -2.11. The summed E-state index contributed by atoms with van der Waals surface area (Å²) >= 11 is 0. The summed E-state index contributed by atoms with van der Waals surface area (Å²) < 4.78 is 48.4. The van der Waals surface area contributed by atoms with Crippen LogP contribution in [0.4, 0.5) is 24.5 Å². The second kappa shape index (κ2) is 9.10. The maximum absolute atomic E-state index is 12.7. The van der Waals surface area contributed by atoms with Crippen molar-refractivity contribution in [1.82, 2.24) is 0 Å². The van der Waals surface area contributed by atoms with Crippen molar-refractivity contribution in [2.45, 2.75) is 6.18 Å². The molecule has 0 aliphatic carbocycles. The van der Waals surface area contributed by atoms with Crippen LogP contribution in [0.2, 0.25) is 0 Å². The minimum Gasteiger partial charge on any atom is -0.491 e. The molecule has 8 heteroatoms. The Bertz CT molecular complexity index is 736. The molecule has 0 saturated heterocycles. The SMILES string of the molecule is COCCOc1cccc(NCC(=O)Nc2cccc(C(F)(F)F)c2)c1. The van der Waals surface area contributed by atoms with Gasteiger partial charge in [-0.05, 0) is 30.3 Å². The molecule has 0 unspecified atom stereocenters. The van der Waals surface area contributed by atoms with Gasteiger partial charge in [-0.15, -0.1) is 0 Å². The number of nitrogens with one attached hydrogen (secondary N) is 2. The Morgan fingerprint density at radius 3 is 2.50 bits per heavy atom. The molecule has 2 aromatic carbocycles. The van der Waals surface area contributed by atoms with Crippen molar-refractivity contribution < 1.29 is 27.4 Å². The Labute approximate surface area is 149 Å². The van der Waals surface area contributed by atoms with Gasteiger partial charge in [0.25, 0.3) is 0 Å². The predicted octanol–water partition coefficient (Wildman–Crippen LogP) is 3.78. The number of ether oxygens (including phenoxy) is 2. The van der Waals surface area contributed by atoms with E-state index in [1.165, 1.54) is 12.1 Å². The molecule has 0 aromatic heterocycles. The zero-order valence-electron chi connectivity index (χ0n) is 14.1. The van der Waals surface area contributed by atoms with Gasteiger partial charge in [0.05, 0.1) is 18.7 Å². The number of hydrogen-bond acceptors (Lipinski definition) is 4. The number of methoxy groups -OCH3 is 1. The average molecular weight is 368 g/mol. The summed E-state index contributed by atoms with van der Waals surface area (Å²) in [7, 11) is 1.57. The normalized spacial score (nSPS) is 11.1. The summed E-state index contributed by atoms with van der Waals surface area (Å²) in [6.07, 6.45) is -4.46. The van der Waals surface area contributed by atoms with Gasteiger partial charge in [0.1, 0.15) is 12.4 Å². The first-order valence-electron chi connectivity index (χ1n) is 7.81. The topological polar surface area (TPSA) is 59.6 Å². The highest BCUT2D eigenvalue weighted by molar-refractivity contribution is 5.93. The fourth-order valence-electron chi connectivity index (χ4n) is 2.10. The summed E-state index contributed by atoms with van der Waals surface area (Å²) in [6.45, 7) is 0.755. The molecule has 0 spiro atoms. The largest absolute Gasteiger partial charge is 0.491 e. The number of hydrogen-bond donors (Lipinski definition) is 2. The molecule has 0 saturated carbocycles. The first kappa shape index (κ1) is 19.6. The van der Waals surface area contributed by atoms with E-state index >= 15 is 0 Å². The molecule has 0 bridgehead atoms. The highest BCUT2D eigenvalue weighted by Crippen LogP contribution is 2.30. The monoisotopic (exact) mass is 368 g/mol. The van der Waals surface area contributed by atoms with Gasteiger partial charge in [-0.25, -0.2) is 0 Å². The minimum atomic E-state index is -4.46. The molecule has 0 heterocycles. The molecule has 140 valence electrons. The Hall–Kier alpha value is -2.74. The van der Waals surface area contributed by atoms with Gasteiger partial charge in [0.2, 0.25) is 5.91 Å². The van der Waals surface area contributed by atoms with E-state index in [4.69, 9.17) is 9.47 Å².